The van der Waals surface area contributed by atoms with Gasteiger partial charge < -0.3 is 20.8 Å². The van der Waals surface area contributed by atoms with Crippen LogP contribution < -0.4 is 15.5 Å². The molecule has 0 aliphatic carbocycles. The predicted molar refractivity (Wildman–Crippen MR) is 146 cm³/mol. The lowest BCUT2D eigenvalue weighted by Crippen LogP contribution is -2.47. The molecule has 0 spiro atoms. The van der Waals surface area contributed by atoms with Gasteiger partial charge in [0.2, 0.25) is 11.8 Å². The number of carbonyl (C=O) groups excluding carboxylic acids is 3. The largest absolute Gasteiger partial charge is 0.478 e. The summed E-state index contributed by atoms with van der Waals surface area (Å²) in [5.74, 6) is -5.10. The lowest BCUT2D eigenvalue weighted by molar-refractivity contribution is -0.148. The van der Waals surface area contributed by atoms with E-state index in [2.05, 4.69) is 17.6 Å². The average Bonchev–Trinajstić information content (AvgIpc) is 2.91. The van der Waals surface area contributed by atoms with Crippen molar-refractivity contribution in [1.29, 1.82) is 0 Å². The normalized spacial score (nSPS) is 11.4. The zero-order valence-corrected chi connectivity index (χ0v) is 21.8. The van der Waals surface area contributed by atoms with E-state index in [0.29, 0.717) is 22.9 Å². The molecule has 3 aromatic carbocycles. The van der Waals surface area contributed by atoms with E-state index in [1.807, 2.05) is 0 Å². The highest BCUT2D eigenvalue weighted by Crippen LogP contribution is 2.36. The lowest BCUT2D eigenvalue weighted by atomic mass is 9.96. The molecule has 204 valence electrons. The Morgan fingerprint density at radius 2 is 1.51 bits per heavy atom. The van der Waals surface area contributed by atoms with Gasteiger partial charge >= 0.3 is 17.8 Å². The van der Waals surface area contributed by atoms with E-state index in [1.165, 1.54) is 37.3 Å². The highest BCUT2D eigenvalue weighted by atomic mass is 16.4. The van der Waals surface area contributed by atoms with Crippen LogP contribution in [0.4, 0.5) is 11.4 Å². The Balaban J connectivity index is 2.10. The third-order valence-corrected chi connectivity index (χ3v) is 6.19. The quantitative estimate of drug-likeness (QED) is 0.217. The van der Waals surface area contributed by atoms with E-state index in [9.17, 15) is 34.2 Å². The number of rotatable bonds is 11. The third-order valence-electron chi connectivity index (χ3n) is 6.19. The lowest BCUT2D eigenvalue weighted by Gasteiger charge is -2.25. The highest BCUT2D eigenvalue weighted by Gasteiger charge is 2.30. The molecule has 0 saturated carbocycles. The topological polar surface area (TPSA) is 153 Å². The number of hydrogen-bond donors (Lipinski definition) is 4. The molecule has 0 aromatic heterocycles. The summed E-state index contributed by atoms with van der Waals surface area (Å²) in [7, 11) is 0. The summed E-state index contributed by atoms with van der Waals surface area (Å²) in [6, 6.07) is 14.8. The van der Waals surface area contributed by atoms with E-state index < -0.39 is 23.9 Å². The van der Waals surface area contributed by atoms with Crippen LogP contribution in [0, 0.1) is 0 Å². The number of amides is 3. The summed E-state index contributed by atoms with van der Waals surface area (Å²) < 4.78 is 0. The number of carboxylic acids is 2. The van der Waals surface area contributed by atoms with Crippen molar-refractivity contribution in [2.24, 2.45) is 0 Å². The molecule has 3 amide bonds. The Morgan fingerprint density at radius 3 is 2.15 bits per heavy atom. The number of unbranched alkanes of at least 4 members (excludes halogenated alkanes) is 2. The van der Waals surface area contributed by atoms with Crippen LogP contribution in [0.1, 0.15) is 49.0 Å². The molecule has 0 fully saturated rings. The van der Waals surface area contributed by atoms with Gasteiger partial charge in [0, 0.05) is 25.3 Å². The molecular formula is C29H31N3O7. The Bertz CT molecular complexity index is 1400. The zero-order valence-electron chi connectivity index (χ0n) is 21.8. The van der Waals surface area contributed by atoms with Crippen LogP contribution in [0.3, 0.4) is 0 Å². The Labute approximate surface area is 225 Å². The van der Waals surface area contributed by atoms with Gasteiger partial charge in [0.1, 0.15) is 6.04 Å². The highest BCUT2D eigenvalue weighted by molar-refractivity contribution is 6.40. The van der Waals surface area contributed by atoms with Crippen molar-refractivity contribution in [2.75, 3.05) is 11.4 Å². The average molecular weight is 534 g/mol. The number of carboxylic acid groups (broad SMARTS) is 2. The summed E-state index contributed by atoms with van der Waals surface area (Å²) in [6.45, 7) is 3.87. The molecule has 0 saturated heterocycles. The molecule has 1 atom stereocenters. The number of benzene rings is 3. The minimum atomic E-state index is -1.76. The summed E-state index contributed by atoms with van der Waals surface area (Å²) in [5, 5.41) is 25.9. The van der Waals surface area contributed by atoms with Gasteiger partial charge in [-0.15, -0.1) is 0 Å². The molecule has 0 aliphatic heterocycles. The van der Waals surface area contributed by atoms with Crippen LogP contribution in [0.25, 0.3) is 10.8 Å². The van der Waals surface area contributed by atoms with Crippen molar-refractivity contribution in [3.63, 3.8) is 0 Å². The second-order valence-corrected chi connectivity index (χ2v) is 9.01. The van der Waals surface area contributed by atoms with Crippen molar-refractivity contribution in [3.05, 3.63) is 71.8 Å². The fraction of sp³-hybridized carbons (Fsp3) is 0.276. The third kappa shape index (κ3) is 6.98. The number of para-hydroxylation sites is 1. The molecule has 4 N–H and O–H groups in total. The number of carbonyl (C=O) groups is 5. The van der Waals surface area contributed by atoms with Crippen LogP contribution in [0.5, 0.6) is 0 Å². The maximum atomic E-state index is 12.9. The monoisotopic (exact) mass is 533 g/mol. The maximum absolute atomic E-state index is 12.9. The molecule has 39 heavy (non-hydrogen) atoms. The van der Waals surface area contributed by atoms with Gasteiger partial charge in [0.15, 0.2) is 0 Å². The van der Waals surface area contributed by atoms with Gasteiger partial charge in [0.25, 0.3) is 0 Å². The molecule has 0 bridgehead atoms. The molecule has 10 heteroatoms. The van der Waals surface area contributed by atoms with Crippen LogP contribution >= 0.6 is 0 Å². The van der Waals surface area contributed by atoms with E-state index in [4.69, 9.17) is 0 Å². The first kappa shape index (κ1) is 28.8. The van der Waals surface area contributed by atoms with Crippen molar-refractivity contribution in [1.82, 2.24) is 10.6 Å². The Kier molecular flexibility index (Phi) is 9.75. The van der Waals surface area contributed by atoms with E-state index in [-0.39, 0.29) is 35.2 Å². The summed E-state index contributed by atoms with van der Waals surface area (Å²) in [5.41, 5.74) is 0.491. The van der Waals surface area contributed by atoms with Crippen molar-refractivity contribution in [3.8, 4) is 0 Å². The first-order valence-electron chi connectivity index (χ1n) is 12.6. The number of nitrogens with zero attached hydrogens (tertiary/aromatic N) is 1. The van der Waals surface area contributed by atoms with Crippen molar-refractivity contribution < 1.29 is 34.2 Å². The Morgan fingerprint density at radius 1 is 0.846 bits per heavy atom. The number of anilines is 2. The smallest absolute Gasteiger partial charge is 0.395 e. The number of hydrogen-bond acceptors (Lipinski definition) is 5. The summed E-state index contributed by atoms with van der Waals surface area (Å²) in [6.07, 6.45) is 2.92. The zero-order chi connectivity index (χ0) is 28.5. The molecular weight excluding hydrogens is 502 g/mol. The second-order valence-electron chi connectivity index (χ2n) is 9.01. The molecule has 10 nitrogen and oxygen atoms in total. The first-order chi connectivity index (χ1) is 18.6. The second kappa shape index (κ2) is 13.2. The standard InChI is InChI=1S/C29H31N3O7/c1-3-4-9-16-30-26(34)23(31-18(2)33)17-19-14-15-25(21-11-6-5-10-20(19)21)32(27(35)29(38)39)24-13-8-7-12-22(24)28(36)37/h5-8,10-15,23H,3-4,9,16-17H2,1-2H3,(H,30,34)(H,31,33)(H,36,37)(H,38,39)/t23-/m1/s1. The minimum absolute atomic E-state index is 0.0992. The van der Waals surface area contributed by atoms with Gasteiger partial charge in [-0.05, 0) is 35.6 Å². The number of aromatic carboxylic acids is 1. The summed E-state index contributed by atoms with van der Waals surface area (Å²) >= 11 is 0. The fourth-order valence-corrected chi connectivity index (χ4v) is 4.40. The number of nitrogens with one attached hydrogen (secondary N) is 2. The molecule has 0 heterocycles. The fourth-order valence-electron chi connectivity index (χ4n) is 4.40. The van der Waals surface area contributed by atoms with E-state index in [0.717, 1.165) is 24.2 Å². The molecule has 0 unspecified atom stereocenters. The minimum Gasteiger partial charge on any atom is -0.478 e. The van der Waals surface area contributed by atoms with Gasteiger partial charge in [-0.3, -0.25) is 19.3 Å². The van der Waals surface area contributed by atoms with Gasteiger partial charge in [-0.25, -0.2) is 9.59 Å². The van der Waals surface area contributed by atoms with Crippen molar-refractivity contribution >= 4 is 51.8 Å². The SMILES string of the molecule is CCCCCNC(=O)[C@@H](Cc1ccc(N(C(=O)C(=O)O)c2ccccc2C(=O)O)c2ccccc12)NC(C)=O. The Hall–Kier alpha value is -4.73. The van der Waals surface area contributed by atoms with Gasteiger partial charge in [0.05, 0.1) is 16.9 Å². The van der Waals surface area contributed by atoms with Gasteiger partial charge in [-0.1, -0.05) is 62.2 Å². The van der Waals surface area contributed by atoms with E-state index in [1.54, 1.807) is 30.3 Å². The number of fused-ring (bicyclic) bond motifs is 1. The molecule has 0 aliphatic rings. The molecule has 3 aromatic rings. The number of aliphatic carboxylic acids is 1. The maximum Gasteiger partial charge on any atom is 0.395 e. The van der Waals surface area contributed by atoms with Crippen LogP contribution in [-0.2, 0) is 25.6 Å². The van der Waals surface area contributed by atoms with Gasteiger partial charge in [-0.2, -0.15) is 0 Å². The summed E-state index contributed by atoms with van der Waals surface area (Å²) in [4.78, 5) is 62.3. The molecule has 3 rings (SSSR count). The van der Waals surface area contributed by atoms with Crippen LogP contribution in [-0.4, -0.2) is 52.5 Å². The predicted octanol–water partition coefficient (Wildman–Crippen LogP) is 3.64. The first-order valence-corrected chi connectivity index (χ1v) is 12.6. The molecule has 0 radical (unpaired) electrons. The van der Waals surface area contributed by atoms with Crippen molar-refractivity contribution in [2.45, 2.75) is 45.6 Å². The van der Waals surface area contributed by atoms with E-state index >= 15 is 0 Å². The van der Waals surface area contributed by atoms with Crippen LogP contribution in [0.2, 0.25) is 0 Å². The van der Waals surface area contributed by atoms with Crippen LogP contribution in [0.15, 0.2) is 60.7 Å².